The van der Waals surface area contributed by atoms with Crippen LogP contribution in [0.1, 0.15) is 30.4 Å². The van der Waals surface area contributed by atoms with Crippen LogP contribution in [0.5, 0.6) is 0 Å². The SMILES string of the molecule is O=C(CN1CCN(CC=Cc2ccccc2)CC1)C(O)(c1ccccc1)C1CCC1. The Hall–Kier alpha value is -2.27. The maximum absolute atomic E-state index is 13.3. The number of benzene rings is 2. The second kappa shape index (κ2) is 9.69. The van der Waals surface area contributed by atoms with Crippen molar-refractivity contribution < 1.29 is 9.90 Å². The lowest BCUT2D eigenvalue weighted by Gasteiger charge is -2.42. The predicted molar refractivity (Wildman–Crippen MR) is 121 cm³/mol. The minimum atomic E-state index is -1.34. The zero-order chi connectivity index (χ0) is 20.8. The molecule has 1 heterocycles. The summed E-state index contributed by atoms with van der Waals surface area (Å²) in [4.78, 5) is 17.9. The normalized spacial score (nSPS) is 20.7. The van der Waals surface area contributed by atoms with E-state index in [0.717, 1.165) is 57.5 Å². The zero-order valence-corrected chi connectivity index (χ0v) is 17.6. The zero-order valence-electron chi connectivity index (χ0n) is 17.6. The quantitative estimate of drug-likeness (QED) is 0.731. The molecule has 2 fully saturated rings. The van der Waals surface area contributed by atoms with Crippen molar-refractivity contribution in [1.29, 1.82) is 0 Å². The molecule has 0 bridgehead atoms. The summed E-state index contributed by atoms with van der Waals surface area (Å²) >= 11 is 0. The first-order valence-corrected chi connectivity index (χ1v) is 11.1. The Balaban J connectivity index is 1.30. The molecular weight excluding hydrogens is 372 g/mol. The van der Waals surface area contributed by atoms with Gasteiger partial charge in [0, 0.05) is 32.7 Å². The first-order chi connectivity index (χ1) is 14.7. The molecule has 4 nitrogen and oxygen atoms in total. The summed E-state index contributed by atoms with van der Waals surface area (Å²) in [6.45, 7) is 4.86. The van der Waals surface area contributed by atoms with Crippen LogP contribution in [-0.4, -0.2) is 60.0 Å². The number of carbonyl (C=O) groups excluding carboxylic acids is 1. The average Bonchev–Trinajstić information content (AvgIpc) is 2.75. The van der Waals surface area contributed by atoms with E-state index in [2.05, 4.69) is 46.2 Å². The predicted octanol–water partition coefficient (Wildman–Crippen LogP) is 3.57. The van der Waals surface area contributed by atoms with Gasteiger partial charge in [-0.25, -0.2) is 0 Å². The standard InChI is InChI=1S/C26H32N2O2/c29-25(26(30,24-14-7-15-24)23-12-5-2-6-13-23)21-28-19-17-27(18-20-28)16-8-11-22-9-3-1-4-10-22/h1-6,8-13,24,30H,7,14-21H2. The van der Waals surface area contributed by atoms with Gasteiger partial charge in [0.1, 0.15) is 0 Å². The number of ketones is 1. The molecule has 0 aromatic heterocycles. The van der Waals surface area contributed by atoms with E-state index in [4.69, 9.17) is 0 Å². The van der Waals surface area contributed by atoms with Gasteiger partial charge in [0.25, 0.3) is 0 Å². The van der Waals surface area contributed by atoms with E-state index in [1.165, 1.54) is 5.56 Å². The average molecular weight is 405 g/mol. The number of rotatable bonds is 8. The lowest BCUT2D eigenvalue weighted by atomic mass is 9.67. The highest BCUT2D eigenvalue weighted by Crippen LogP contribution is 2.43. The topological polar surface area (TPSA) is 43.8 Å². The van der Waals surface area contributed by atoms with Crippen molar-refractivity contribution >= 4 is 11.9 Å². The van der Waals surface area contributed by atoms with Gasteiger partial charge in [-0.1, -0.05) is 79.2 Å². The van der Waals surface area contributed by atoms with Crippen molar-refractivity contribution in [2.75, 3.05) is 39.3 Å². The van der Waals surface area contributed by atoms with Gasteiger partial charge in [-0.05, 0) is 29.9 Å². The van der Waals surface area contributed by atoms with Gasteiger partial charge in [-0.3, -0.25) is 14.6 Å². The fourth-order valence-electron chi connectivity index (χ4n) is 4.50. The van der Waals surface area contributed by atoms with Gasteiger partial charge in [0.15, 0.2) is 11.4 Å². The lowest BCUT2D eigenvalue weighted by Crippen LogP contribution is -2.53. The molecular formula is C26H32N2O2. The number of Topliss-reactive ketones (excluding diaryl/α,β-unsaturated/α-hetero) is 1. The van der Waals surface area contributed by atoms with Crippen molar-refractivity contribution in [3.05, 3.63) is 77.9 Å². The smallest absolute Gasteiger partial charge is 0.183 e. The highest BCUT2D eigenvalue weighted by atomic mass is 16.3. The third kappa shape index (κ3) is 4.72. The number of carbonyl (C=O) groups is 1. The molecule has 1 aliphatic carbocycles. The van der Waals surface area contributed by atoms with Crippen LogP contribution >= 0.6 is 0 Å². The molecule has 30 heavy (non-hydrogen) atoms. The number of piperazine rings is 1. The van der Waals surface area contributed by atoms with Crippen LogP contribution in [0.2, 0.25) is 0 Å². The molecule has 0 spiro atoms. The van der Waals surface area contributed by atoms with Crippen LogP contribution in [-0.2, 0) is 10.4 Å². The summed E-state index contributed by atoms with van der Waals surface area (Å²) in [7, 11) is 0. The molecule has 2 aromatic rings. The molecule has 1 aliphatic heterocycles. The molecule has 4 heteroatoms. The van der Waals surface area contributed by atoms with E-state index in [0.29, 0.717) is 6.54 Å². The highest BCUT2D eigenvalue weighted by Gasteiger charge is 2.47. The van der Waals surface area contributed by atoms with Crippen molar-refractivity contribution in [3.8, 4) is 0 Å². The Morgan fingerprint density at radius 2 is 1.53 bits per heavy atom. The van der Waals surface area contributed by atoms with E-state index in [9.17, 15) is 9.90 Å². The largest absolute Gasteiger partial charge is 0.377 e. The van der Waals surface area contributed by atoms with Crippen molar-refractivity contribution in [2.45, 2.75) is 24.9 Å². The summed E-state index contributed by atoms with van der Waals surface area (Å²) in [5.74, 6) is 0.00707. The molecule has 0 amide bonds. The highest BCUT2D eigenvalue weighted by molar-refractivity contribution is 5.90. The summed E-state index contributed by atoms with van der Waals surface area (Å²) in [6, 6.07) is 19.9. The Kier molecular flexibility index (Phi) is 6.78. The second-order valence-corrected chi connectivity index (χ2v) is 8.57. The van der Waals surface area contributed by atoms with Crippen molar-refractivity contribution in [3.63, 3.8) is 0 Å². The van der Waals surface area contributed by atoms with E-state index in [1.54, 1.807) is 0 Å². The third-order valence-electron chi connectivity index (χ3n) is 6.64. The Morgan fingerprint density at radius 1 is 0.933 bits per heavy atom. The molecule has 158 valence electrons. The molecule has 1 unspecified atom stereocenters. The summed E-state index contributed by atoms with van der Waals surface area (Å²) in [6.07, 6.45) is 7.33. The van der Waals surface area contributed by atoms with E-state index < -0.39 is 5.60 Å². The van der Waals surface area contributed by atoms with Crippen LogP contribution in [0.3, 0.4) is 0 Å². The summed E-state index contributed by atoms with van der Waals surface area (Å²) < 4.78 is 0. The molecule has 1 atom stereocenters. The van der Waals surface area contributed by atoms with Crippen LogP contribution in [0.4, 0.5) is 0 Å². The van der Waals surface area contributed by atoms with Crippen molar-refractivity contribution in [2.24, 2.45) is 5.92 Å². The van der Waals surface area contributed by atoms with Gasteiger partial charge in [-0.15, -0.1) is 0 Å². The fourth-order valence-corrected chi connectivity index (χ4v) is 4.50. The van der Waals surface area contributed by atoms with Gasteiger partial charge >= 0.3 is 0 Å². The van der Waals surface area contributed by atoms with Crippen LogP contribution in [0.15, 0.2) is 66.7 Å². The van der Waals surface area contributed by atoms with E-state index in [1.807, 2.05) is 36.4 Å². The molecule has 4 rings (SSSR count). The lowest BCUT2D eigenvalue weighted by molar-refractivity contribution is -0.151. The van der Waals surface area contributed by atoms with Gasteiger partial charge < -0.3 is 5.11 Å². The fraction of sp³-hybridized carbons (Fsp3) is 0.423. The number of hydrogen-bond donors (Lipinski definition) is 1. The molecule has 2 aliphatic rings. The molecule has 1 saturated heterocycles. The first kappa shape index (κ1) is 21.0. The third-order valence-corrected chi connectivity index (χ3v) is 6.64. The molecule has 0 radical (unpaired) electrons. The minimum absolute atomic E-state index is 0.0455. The van der Waals surface area contributed by atoms with Crippen LogP contribution < -0.4 is 0 Å². The molecule has 1 N–H and O–H groups in total. The molecule has 1 saturated carbocycles. The summed E-state index contributed by atoms with van der Waals surface area (Å²) in [5.41, 5.74) is 0.636. The van der Waals surface area contributed by atoms with Gasteiger partial charge in [0.05, 0.1) is 6.54 Å². The number of aliphatic hydroxyl groups is 1. The van der Waals surface area contributed by atoms with Gasteiger partial charge in [0.2, 0.25) is 0 Å². The maximum atomic E-state index is 13.3. The first-order valence-electron chi connectivity index (χ1n) is 11.1. The van der Waals surface area contributed by atoms with Gasteiger partial charge in [-0.2, -0.15) is 0 Å². The Bertz CT molecular complexity index is 840. The monoisotopic (exact) mass is 404 g/mol. The summed E-state index contributed by atoms with van der Waals surface area (Å²) in [5, 5.41) is 11.5. The number of nitrogens with zero attached hydrogens (tertiary/aromatic N) is 2. The van der Waals surface area contributed by atoms with Crippen LogP contribution in [0, 0.1) is 5.92 Å². The minimum Gasteiger partial charge on any atom is -0.377 e. The number of hydrogen-bond acceptors (Lipinski definition) is 4. The second-order valence-electron chi connectivity index (χ2n) is 8.57. The van der Waals surface area contributed by atoms with E-state index >= 15 is 0 Å². The molecule has 2 aromatic carbocycles. The van der Waals surface area contributed by atoms with Crippen LogP contribution in [0.25, 0.3) is 6.08 Å². The van der Waals surface area contributed by atoms with Crippen molar-refractivity contribution in [1.82, 2.24) is 9.80 Å². The van der Waals surface area contributed by atoms with E-state index in [-0.39, 0.29) is 11.7 Å². The maximum Gasteiger partial charge on any atom is 0.183 e. The Labute approximate surface area is 179 Å². The Morgan fingerprint density at radius 3 is 2.13 bits per heavy atom.